The second-order valence-electron chi connectivity index (χ2n) is 7.93. The summed E-state index contributed by atoms with van der Waals surface area (Å²) < 4.78 is 0.920. The third-order valence-corrected chi connectivity index (χ3v) is 5.76. The largest absolute Gasteiger partial charge is 0.329 e. The van der Waals surface area contributed by atoms with Gasteiger partial charge in [0.15, 0.2) is 0 Å². The predicted octanol–water partition coefficient (Wildman–Crippen LogP) is 2.70. The minimum absolute atomic E-state index is 0.341. The van der Waals surface area contributed by atoms with E-state index in [1.165, 1.54) is 24.8 Å². The average molecular weight is 406 g/mol. The van der Waals surface area contributed by atoms with Crippen LogP contribution in [0.5, 0.6) is 0 Å². The molecule has 1 amide bonds. The molecule has 0 aliphatic carbocycles. The number of fused-ring (bicyclic) bond motifs is 1. The summed E-state index contributed by atoms with van der Waals surface area (Å²) in [7, 11) is 0. The van der Waals surface area contributed by atoms with Crippen LogP contribution in [0.4, 0.5) is 5.69 Å². The maximum atomic E-state index is 12.6. The molecule has 4 rings (SSSR count). The molecule has 0 bridgehead atoms. The molecule has 1 saturated heterocycles. The second-order valence-corrected chi connectivity index (χ2v) is 7.93. The van der Waals surface area contributed by atoms with Gasteiger partial charge in [-0.25, -0.2) is 4.79 Å². The SMILES string of the molecule is CC1CCCCN1Cc1ccc(NC(=O)Cn2c(=O)[nH]c3ccccc3c2=O)cc1. The number of aromatic amines is 1. The second kappa shape index (κ2) is 8.67. The molecule has 2 N–H and O–H groups in total. The summed E-state index contributed by atoms with van der Waals surface area (Å²) in [5.74, 6) is -0.421. The highest BCUT2D eigenvalue weighted by Gasteiger charge is 2.18. The quantitative estimate of drug-likeness (QED) is 0.682. The zero-order chi connectivity index (χ0) is 21.1. The minimum Gasteiger partial charge on any atom is -0.325 e. The van der Waals surface area contributed by atoms with Crippen LogP contribution in [0.1, 0.15) is 31.7 Å². The Labute approximate surface area is 174 Å². The summed E-state index contributed by atoms with van der Waals surface area (Å²) >= 11 is 0. The Bertz CT molecular complexity index is 1160. The van der Waals surface area contributed by atoms with E-state index in [1.807, 2.05) is 24.3 Å². The van der Waals surface area contributed by atoms with Crippen molar-refractivity contribution in [3.8, 4) is 0 Å². The smallest absolute Gasteiger partial charge is 0.325 e. The zero-order valence-electron chi connectivity index (χ0n) is 17.1. The van der Waals surface area contributed by atoms with Gasteiger partial charge in [-0.3, -0.25) is 19.1 Å². The molecular weight excluding hydrogens is 380 g/mol. The minimum atomic E-state index is -0.597. The Balaban J connectivity index is 1.43. The third-order valence-electron chi connectivity index (χ3n) is 5.76. The van der Waals surface area contributed by atoms with Crippen molar-refractivity contribution < 1.29 is 4.79 Å². The lowest BCUT2D eigenvalue weighted by molar-refractivity contribution is -0.116. The summed E-state index contributed by atoms with van der Waals surface area (Å²) in [6.07, 6.45) is 3.78. The highest BCUT2D eigenvalue weighted by Crippen LogP contribution is 2.20. The van der Waals surface area contributed by atoms with Gasteiger partial charge in [0, 0.05) is 18.3 Å². The number of hydrogen-bond donors (Lipinski definition) is 2. The highest BCUT2D eigenvalue weighted by atomic mass is 16.2. The summed E-state index contributed by atoms with van der Waals surface area (Å²) in [6.45, 7) is 3.95. The Kier molecular flexibility index (Phi) is 5.81. The van der Waals surface area contributed by atoms with E-state index >= 15 is 0 Å². The van der Waals surface area contributed by atoms with Gasteiger partial charge in [0.25, 0.3) is 5.56 Å². The normalized spacial score (nSPS) is 17.2. The Morgan fingerprint density at radius 2 is 1.87 bits per heavy atom. The first-order valence-corrected chi connectivity index (χ1v) is 10.4. The Morgan fingerprint density at radius 1 is 1.10 bits per heavy atom. The fraction of sp³-hybridized carbons (Fsp3) is 0.348. The number of carbonyl (C=O) groups excluding carboxylic acids is 1. The van der Waals surface area contributed by atoms with Crippen LogP contribution >= 0.6 is 0 Å². The van der Waals surface area contributed by atoms with E-state index in [1.54, 1.807) is 24.3 Å². The molecule has 1 fully saturated rings. The lowest BCUT2D eigenvalue weighted by atomic mass is 10.0. The molecule has 1 aliphatic heterocycles. The summed E-state index contributed by atoms with van der Waals surface area (Å²) in [5.41, 5.74) is 1.22. The van der Waals surface area contributed by atoms with E-state index in [2.05, 4.69) is 22.1 Å². The van der Waals surface area contributed by atoms with Crippen LogP contribution in [0.25, 0.3) is 10.9 Å². The van der Waals surface area contributed by atoms with Gasteiger partial charge in [-0.2, -0.15) is 0 Å². The molecule has 2 aromatic carbocycles. The number of hydrogen-bond acceptors (Lipinski definition) is 4. The van der Waals surface area contributed by atoms with E-state index in [0.29, 0.717) is 22.6 Å². The van der Waals surface area contributed by atoms with Crippen LogP contribution in [-0.4, -0.2) is 32.9 Å². The Hall–Kier alpha value is -3.19. The molecule has 7 heteroatoms. The molecule has 7 nitrogen and oxygen atoms in total. The fourth-order valence-electron chi connectivity index (χ4n) is 4.01. The van der Waals surface area contributed by atoms with Gasteiger partial charge in [0.1, 0.15) is 6.54 Å². The fourth-order valence-corrected chi connectivity index (χ4v) is 4.01. The number of piperidine rings is 1. The van der Waals surface area contributed by atoms with Gasteiger partial charge in [-0.1, -0.05) is 30.7 Å². The first-order chi connectivity index (χ1) is 14.5. The maximum Gasteiger partial charge on any atom is 0.329 e. The standard InChI is InChI=1S/C23H26N4O3/c1-16-6-4-5-13-26(16)14-17-9-11-18(12-10-17)24-21(28)15-27-22(29)19-7-2-3-8-20(19)25-23(27)30/h2-3,7-12,16H,4-6,13-15H2,1H3,(H,24,28)(H,25,30). The molecule has 3 aromatic rings. The number of para-hydroxylation sites is 1. The first-order valence-electron chi connectivity index (χ1n) is 10.4. The number of likely N-dealkylation sites (tertiary alicyclic amines) is 1. The van der Waals surface area contributed by atoms with Crippen molar-refractivity contribution in [1.82, 2.24) is 14.5 Å². The van der Waals surface area contributed by atoms with E-state index in [0.717, 1.165) is 17.7 Å². The number of benzene rings is 2. The van der Waals surface area contributed by atoms with Crippen molar-refractivity contribution in [3.63, 3.8) is 0 Å². The van der Waals surface area contributed by atoms with Crippen LogP contribution in [0.3, 0.4) is 0 Å². The number of aromatic nitrogens is 2. The molecule has 1 atom stereocenters. The number of nitrogens with one attached hydrogen (secondary N) is 2. The molecule has 0 saturated carbocycles. The van der Waals surface area contributed by atoms with Crippen LogP contribution < -0.4 is 16.6 Å². The number of rotatable bonds is 5. The van der Waals surface area contributed by atoms with Gasteiger partial charge in [0.2, 0.25) is 5.91 Å². The monoisotopic (exact) mass is 406 g/mol. The van der Waals surface area contributed by atoms with Crippen molar-refractivity contribution in [2.45, 2.75) is 45.3 Å². The molecule has 1 aromatic heterocycles. The van der Waals surface area contributed by atoms with Crippen molar-refractivity contribution in [2.75, 3.05) is 11.9 Å². The van der Waals surface area contributed by atoms with Gasteiger partial charge in [-0.15, -0.1) is 0 Å². The summed E-state index contributed by atoms with van der Waals surface area (Å²) in [4.78, 5) is 42.3. The average Bonchev–Trinajstić information content (AvgIpc) is 2.74. The maximum absolute atomic E-state index is 12.6. The van der Waals surface area contributed by atoms with Crippen LogP contribution in [-0.2, 0) is 17.9 Å². The first kappa shape index (κ1) is 20.1. The molecule has 2 heterocycles. The topological polar surface area (TPSA) is 87.2 Å². The molecule has 1 unspecified atom stereocenters. The Morgan fingerprint density at radius 3 is 2.63 bits per heavy atom. The van der Waals surface area contributed by atoms with Crippen LogP contribution in [0.15, 0.2) is 58.1 Å². The van der Waals surface area contributed by atoms with Crippen molar-refractivity contribution in [3.05, 3.63) is 74.9 Å². The van der Waals surface area contributed by atoms with Crippen molar-refractivity contribution in [2.24, 2.45) is 0 Å². The molecule has 0 radical (unpaired) electrons. The lowest BCUT2D eigenvalue weighted by Gasteiger charge is -2.33. The number of anilines is 1. The van der Waals surface area contributed by atoms with E-state index in [9.17, 15) is 14.4 Å². The number of nitrogens with zero attached hydrogens (tertiary/aromatic N) is 2. The van der Waals surface area contributed by atoms with Crippen molar-refractivity contribution >= 4 is 22.5 Å². The molecule has 0 spiro atoms. The summed E-state index contributed by atoms with van der Waals surface area (Å²) in [6, 6.07) is 15.1. The van der Waals surface area contributed by atoms with Crippen molar-refractivity contribution in [1.29, 1.82) is 0 Å². The van der Waals surface area contributed by atoms with Gasteiger partial charge < -0.3 is 10.3 Å². The number of amides is 1. The third kappa shape index (κ3) is 4.36. The highest BCUT2D eigenvalue weighted by molar-refractivity contribution is 5.90. The molecular formula is C23H26N4O3. The van der Waals surface area contributed by atoms with Gasteiger partial charge >= 0.3 is 5.69 Å². The van der Waals surface area contributed by atoms with Gasteiger partial charge in [-0.05, 0) is 56.1 Å². The van der Waals surface area contributed by atoms with Gasteiger partial charge in [0.05, 0.1) is 10.9 Å². The zero-order valence-corrected chi connectivity index (χ0v) is 17.1. The number of carbonyl (C=O) groups is 1. The van der Waals surface area contributed by atoms with Crippen LogP contribution in [0, 0.1) is 0 Å². The van der Waals surface area contributed by atoms with E-state index < -0.39 is 17.2 Å². The van der Waals surface area contributed by atoms with Crippen LogP contribution in [0.2, 0.25) is 0 Å². The lowest BCUT2D eigenvalue weighted by Crippen LogP contribution is -2.38. The number of H-pyrrole nitrogens is 1. The molecule has 30 heavy (non-hydrogen) atoms. The molecule has 156 valence electrons. The predicted molar refractivity (Wildman–Crippen MR) is 118 cm³/mol. The summed E-state index contributed by atoms with van der Waals surface area (Å²) in [5, 5.41) is 3.14. The molecule has 1 aliphatic rings. The van der Waals surface area contributed by atoms with E-state index in [-0.39, 0.29) is 6.54 Å². The van der Waals surface area contributed by atoms with E-state index in [4.69, 9.17) is 0 Å².